The summed E-state index contributed by atoms with van der Waals surface area (Å²) >= 11 is 3.08. The molecule has 0 saturated heterocycles. The molecule has 0 aliphatic rings. The molecule has 0 atom stereocenters. The monoisotopic (exact) mass is 317 g/mol. The molecule has 1 rings (SSSR count). The molecule has 0 radical (unpaired) electrons. The van der Waals surface area contributed by atoms with Crippen molar-refractivity contribution in [1.82, 2.24) is 0 Å². The lowest BCUT2D eigenvalue weighted by Crippen LogP contribution is -2.09. The van der Waals surface area contributed by atoms with Gasteiger partial charge in [0.25, 0.3) is 6.43 Å². The summed E-state index contributed by atoms with van der Waals surface area (Å²) in [6, 6.07) is 4.04. The zero-order valence-corrected chi connectivity index (χ0v) is 11.1. The summed E-state index contributed by atoms with van der Waals surface area (Å²) in [6.45, 7) is 1.78. The smallest absolute Gasteiger partial charge is 0.339 e. The summed E-state index contributed by atoms with van der Waals surface area (Å²) in [6.07, 6.45) is -2.69. The van der Waals surface area contributed by atoms with Gasteiger partial charge >= 0.3 is 5.97 Å². The van der Waals surface area contributed by atoms with Crippen LogP contribution in [0.3, 0.4) is 0 Å². The number of hydrogen-bond acceptors (Lipinski definition) is 3. The van der Waals surface area contributed by atoms with Gasteiger partial charge in [-0.25, -0.2) is 13.6 Å². The van der Waals surface area contributed by atoms with E-state index in [4.69, 9.17) is 10.00 Å². The lowest BCUT2D eigenvalue weighted by atomic mass is 10.00. The summed E-state index contributed by atoms with van der Waals surface area (Å²) in [7, 11) is 0. The number of carbonyl (C=O) groups excluding carboxylic acids is 1. The molecule has 1 aromatic rings. The number of nitriles is 1. The van der Waals surface area contributed by atoms with Gasteiger partial charge in [0.2, 0.25) is 0 Å². The Labute approximate surface area is 111 Å². The Morgan fingerprint density at radius 2 is 2.22 bits per heavy atom. The molecular formula is C12H10BrF2NO2. The van der Waals surface area contributed by atoms with Crippen LogP contribution in [0, 0.1) is 11.3 Å². The number of carbonyl (C=O) groups is 1. The van der Waals surface area contributed by atoms with Crippen LogP contribution in [-0.4, -0.2) is 12.6 Å². The van der Waals surface area contributed by atoms with Gasteiger partial charge in [-0.2, -0.15) is 5.26 Å². The third kappa shape index (κ3) is 3.05. The first kappa shape index (κ1) is 14.6. The Morgan fingerprint density at radius 1 is 1.56 bits per heavy atom. The molecule has 0 spiro atoms. The maximum atomic E-state index is 12.8. The third-order valence-corrected chi connectivity index (χ3v) is 2.88. The van der Waals surface area contributed by atoms with Crippen LogP contribution in [0.5, 0.6) is 0 Å². The Bertz CT molecular complexity index is 498. The van der Waals surface area contributed by atoms with E-state index in [1.54, 1.807) is 13.0 Å². The van der Waals surface area contributed by atoms with Gasteiger partial charge in [-0.1, -0.05) is 15.9 Å². The average Bonchev–Trinajstić information content (AvgIpc) is 2.37. The fourth-order valence-electron chi connectivity index (χ4n) is 1.45. The summed E-state index contributed by atoms with van der Waals surface area (Å²) in [5.41, 5.74) is -0.0739. The highest BCUT2D eigenvalue weighted by molar-refractivity contribution is 9.08. The maximum absolute atomic E-state index is 12.8. The van der Waals surface area contributed by atoms with Crippen LogP contribution in [0.4, 0.5) is 8.78 Å². The first-order valence-electron chi connectivity index (χ1n) is 5.13. The van der Waals surface area contributed by atoms with Crippen molar-refractivity contribution in [2.45, 2.75) is 18.7 Å². The molecule has 0 aliphatic carbocycles. The molecule has 3 nitrogen and oxygen atoms in total. The van der Waals surface area contributed by atoms with E-state index in [0.717, 1.165) is 6.07 Å². The number of alkyl halides is 3. The van der Waals surface area contributed by atoms with Gasteiger partial charge in [0, 0.05) is 10.9 Å². The normalized spacial score (nSPS) is 10.2. The van der Waals surface area contributed by atoms with Gasteiger partial charge in [-0.3, -0.25) is 0 Å². The number of rotatable bonds is 4. The molecule has 0 N–H and O–H groups in total. The first-order chi connectivity index (χ1) is 8.54. The Kier molecular flexibility index (Phi) is 5.23. The fraction of sp³-hybridized carbons (Fsp3) is 0.333. The van der Waals surface area contributed by atoms with E-state index in [0.29, 0.717) is 0 Å². The van der Waals surface area contributed by atoms with Crippen molar-refractivity contribution in [2.24, 2.45) is 0 Å². The molecule has 0 saturated carbocycles. The molecule has 0 amide bonds. The molecule has 1 aromatic carbocycles. The minimum absolute atomic E-state index is 0.0122. The highest BCUT2D eigenvalue weighted by Gasteiger charge is 2.20. The Balaban J connectivity index is 3.36. The number of hydrogen-bond donors (Lipinski definition) is 0. The van der Waals surface area contributed by atoms with Crippen LogP contribution in [0.1, 0.15) is 40.4 Å². The highest BCUT2D eigenvalue weighted by atomic mass is 79.9. The SMILES string of the molecule is CCOC(=O)c1cc(CBr)c(C(F)F)cc1C#N. The number of esters is 1. The summed E-state index contributed by atoms with van der Waals surface area (Å²) in [5.74, 6) is -0.683. The number of benzene rings is 1. The molecule has 96 valence electrons. The van der Waals surface area contributed by atoms with Crippen molar-refractivity contribution in [3.05, 3.63) is 34.4 Å². The van der Waals surface area contributed by atoms with Crippen LogP contribution in [0.15, 0.2) is 12.1 Å². The van der Waals surface area contributed by atoms with E-state index in [9.17, 15) is 13.6 Å². The number of ether oxygens (including phenoxy) is 1. The summed E-state index contributed by atoms with van der Waals surface area (Å²) in [5, 5.41) is 9.06. The van der Waals surface area contributed by atoms with Crippen LogP contribution in [0.2, 0.25) is 0 Å². The quantitative estimate of drug-likeness (QED) is 0.630. The lowest BCUT2D eigenvalue weighted by molar-refractivity contribution is 0.0525. The second-order valence-electron chi connectivity index (χ2n) is 3.36. The highest BCUT2D eigenvalue weighted by Crippen LogP contribution is 2.28. The first-order valence-corrected chi connectivity index (χ1v) is 6.25. The maximum Gasteiger partial charge on any atom is 0.339 e. The molecule has 0 aromatic heterocycles. The molecule has 0 unspecified atom stereocenters. The van der Waals surface area contributed by atoms with Crippen molar-refractivity contribution in [2.75, 3.05) is 6.61 Å². The van der Waals surface area contributed by atoms with Gasteiger partial charge in [0.05, 0.1) is 17.7 Å². The van der Waals surface area contributed by atoms with Crippen LogP contribution < -0.4 is 0 Å². The van der Waals surface area contributed by atoms with Crippen LogP contribution in [-0.2, 0) is 10.1 Å². The third-order valence-electron chi connectivity index (χ3n) is 2.27. The minimum Gasteiger partial charge on any atom is -0.462 e. The molecule has 0 aliphatic heterocycles. The van der Waals surface area contributed by atoms with Gasteiger partial charge < -0.3 is 4.74 Å². The Hall–Kier alpha value is -1.48. The minimum atomic E-state index is -2.69. The van der Waals surface area contributed by atoms with E-state index in [-0.39, 0.29) is 34.2 Å². The molecule has 6 heteroatoms. The molecule has 0 fully saturated rings. The number of halogens is 3. The van der Waals surface area contributed by atoms with Crippen molar-refractivity contribution in [3.63, 3.8) is 0 Å². The van der Waals surface area contributed by atoms with E-state index in [1.807, 2.05) is 0 Å². The average molecular weight is 318 g/mol. The molecule has 0 bridgehead atoms. The number of nitrogens with zero attached hydrogens (tertiary/aromatic N) is 1. The van der Waals surface area contributed by atoms with E-state index < -0.39 is 12.4 Å². The van der Waals surface area contributed by atoms with Crippen molar-refractivity contribution < 1.29 is 18.3 Å². The van der Waals surface area contributed by atoms with Crippen LogP contribution >= 0.6 is 15.9 Å². The molecule has 18 heavy (non-hydrogen) atoms. The summed E-state index contributed by atoms with van der Waals surface area (Å²) in [4.78, 5) is 11.6. The molecule has 0 heterocycles. The second kappa shape index (κ2) is 6.45. The van der Waals surface area contributed by atoms with Crippen molar-refractivity contribution in [3.8, 4) is 6.07 Å². The van der Waals surface area contributed by atoms with Crippen molar-refractivity contribution in [1.29, 1.82) is 5.26 Å². The fourth-order valence-corrected chi connectivity index (χ4v) is 1.94. The van der Waals surface area contributed by atoms with E-state index in [2.05, 4.69) is 15.9 Å². The summed E-state index contributed by atoms with van der Waals surface area (Å²) < 4.78 is 30.3. The standard InChI is InChI=1S/C12H10BrF2NO2/c1-2-18-12(17)10-3-7(5-13)9(11(14)15)4-8(10)6-16/h3-4,11H,2,5H2,1H3. The zero-order chi connectivity index (χ0) is 13.7. The predicted molar refractivity (Wildman–Crippen MR) is 64.7 cm³/mol. The lowest BCUT2D eigenvalue weighted by Gasteiger charge is -2.10. The topological polar surface area (TPSA) is 50.1 Å². The van der Waals surface area contributed by atoms with Crippen molar-refractivity contribution >= 4 is 21.9 Å². The van der Waals surface area contributed by atoms with Gasteiger partial charge in [0.1, 0.15) is 6.07 Å². The second-order valence-corrected chi connectivity index (χ2v) is 3.92. The van der Waals surface area contributed by atoms with Gasteiger partial charge in [-0.15, -0.1) is 0 Å². The van der Waals surface area contributed by atoms with Gasteiger partial charge in [0.15, 0.2) is 0 Å². The van der Waals surface area contributed by atoms with E-state index in [1.165, 1.54) is 6.07 Å². The predicted octanol–water partition coefficient (Wildman–Crippen LogP) is 3.57. The van der Waals surface area contributed by atoms with Crippen LogP contribution in [0.25, 0.3) is 0 Å². The largest absolute Gasteiger partial charge is 0.462 e. The molecular weight excluding hydrogens is 308 g/mol. The zero-order valence-electron chi connectivity index (χ0n) is 9.54. The Morgan fingerprint density at radius 3 is 2.67 bits per heavy atom. The van der Waals surface area contributed by atoms with Gasteiger partial charge in [-0.05, 0) is 24.6 Å². The van der Waals surface area contributed by atoms with E-state index >= 15 is 0 Å².